The van der Waals surface area contributed by atoms with Gasteiger partial charge >= 0.3 is 18.1 Å². The molecule has 0 unspecified atom stereocenters. The average Bonchev–Trinajstić information content (AvgIpc) is 2.80. The molecular formula is C27H24F3NO8. The molecule has 3 aromatic carbocycles. The Morgan fingerprint density at radius 2 is 1.54 bits per heavy atom. The molecule has 3 aromatic rings. The van der Waals surface area contributed by atoms with E-state index in [-0.39, 0.29) is 29.2 Å². The van der Waals surface area contributed by atoms with Crippen LogP contribution < -0.4 is 4.74 Å². The van der Waals surface area contributed by atoms with Crippen molar-refractivity contribution in [2.24, 2.45) is 0 Å². The Morgan fingerprint density at radius 3 is 2.08 bits per heavy atom. The molecule has 39 heavy (non-hydrogen) atoms. The number of carbonyl (C=O) groups is 2. The maximum Gasteiger partial charge on any atom is 0.419 e. The Hall–Kier alpha value is -4.61. The second kappa shape index (κ2) is 11.0. The molecular weight excluding hydrogens is 523 g/mol. The molecule has 0 bridgehead atoms. The van der Waals surface area contributed by atoms with Gasteiger partial charge in [-0.3, -0.25) is 14.9 Å². The van der Waals surface area contributed by atoms with Crippen LogP contribution in [-0.4, -0.2) is 32.7 Å². The molecule has 0 aliphatic carbocycles. The van der Waals surface area contributed by atoms with Crippen LogP contribution in [0.4, 0.5) is 18.9 Å². The standard InChI is InChI=1S/C27H24F3NO8/c1-26(2,3)39-25(35)23-18(8-11-20(24(23)34)27(28,29)30)14-38-19-9-6-15(7-10-19)16-4-5-17(13-22(32)33)21(12-16)31(36)37/h4-12,34H,13-14H2,1-3H3,(H,32,33). The molecule has 9 nitrogen and oxygen atoms in total. The van der Waals surface area contributed by atoms with E-state index in [0.717, 1.165) is 6.07 Å². The first-order valence-corrected chi connectivity index (χ1v) is 11.4. The number of phenols is 1. The first kappa shape index (κ1) is 29.0. The molecule has 0 aliphatic heterocycles. The van der Waals surface area contributed by atoms with Crippen molar-refractivity contribution in [1.82, 2.24) is 0 Å². The molecule has 0 spiro atoms. The highest BCUT2D eigenvalue weighted by Gasteiger charge is 2.37. The van der Waals surface area contributed by atoms with Gasteiger partial charge in [-0.25, -0.2) is 4.79 Å². The van der Waals surface area contributed by atoms with Gasteiger partial charge < -0.3 is 19.7 Å². The number of carboxylic acids is 1. The second-order valence-electron chi connectivity index (χ2n) is 9.48. The van der Waals surface area contributed by atoms with Crippen LogP contribution in [0.3, 0.4) is 0 Å². The number of esters is 1. The van der Waals surface area contributed by atoms with Crippen LogP contribution in [0.5, 0.6) is 11.5 Å². The number of benzene rings is 3. The van der Waals surface area contributed by atoms with Gasteiger partial charge in [-0.15, -0.1) is 0 Å². The zero-order valence-electron chi connectivity index (χ0n) is 21.0. The van der Waals surface area contributed by atoms with Crippen LogP contribution in [0.1, 0.15) is 47.8 Å². The van der Waals surface area contributed by atoms with E-state index < -0.39 is 51.9 Å². The van der Waals surface area contributed by atoms with Gasteiger partial charge in [-0.2, -0.15) is 13.2 Å². The Kier molecular flexibility index (Phi) is 8.18. The van der Waals surface area contributed by atoms with E-state index in [1.54, 1.807) is 18.2 Å². The number of hydrogen-bond acceptors (Lipinski definition) is 7. The summed E-state index contributed by atoms with van der Waals surface area (Å²) in [4.78, 5) is 34.4. The van der Waals surface area contributed by atoms with Crippen molar-refractivity contribution < 1.29 is 47.4 Å². The molecule has 0 aliphatic rings. The summed E-state index contributed by atoms with van der Waals surface area (Å²) < 4.78 is 50.8. The Morgan fingerprint density at radius 1 is 0.949 bits per heavy atom. The van der Waals surface area contributed by atoms with E-state index in [1.807, 2.05) is 0 Å². The Balaban J connectivity index is 1.86. The van der Waals surface area contributed by atoms with Crippen LogP contribution in [0, 0.1) is 10.1 Å². The summed E-state index contributed by atoms with van der Waals surface area (Å²) in [6.45, 7) is 4.21. The third kappa shape index (κ3) is 7.24. The number of nitro groups is 1. The number of hydrogen-bond donors (Lipinski definition) is 2. The van der Waals surface area contributed by atoms with Crippen molar-refractivity contribution in [3.8, 4) is 22.6 Å². The predicted molar refractivity (Wildman–Crippen MR) is 132 cm³/mol. The molecule has 0 heterocycles. The molecule has 0 radical (unpaired) electrons. The number of carbonyl (C=O) groups excluding carboxylic acids is 1. The smallest absolute Gasteiger partial charge is 0.419 e. The Labute approximate surface area is 220 Å². The molecule has 0 saturated carbocycles. The van der Waals surface area contributed by atoms with Gasteiger partial charge in [0.2, 0.25) is 0 Å². The number of rotatable bonds is 8. The summed E-state index contributed by atoms with van der Waals surface area (Å²) in [6.07, 6.45) is -5.41. The maximum atomic E-state index is 13.3. The van der Waals surface area contributed by atoms with Crippen LogP contribution in [-0.2, 0) is 28.7 Å². The third-order valence-corrected chi connectivity index (χ3v) is 5.38. The molecule has 2 N–H and O–H groups in total. The molecule has 206 valence electrons. The Bertz CT molecular complexity index is 1410. The average molecular weight is 547 g/mol. The highest BCUT2D eigenvalue weighted by atomic mass is 19.4. The summed E-state index contributed by atoms with van der Waals surface area (Å²) in [6, 6.07) is 12.0. The van der Waals surface area contributed by atoms with E-state index in [0.29, 0.717) is 17.2 Å². The number of ether oxygens (including phenoxy) is 2. The van der Waals surface area contributed by atoms with Gasteiger partial charge in [0.15, 0.2) is 0 Å². The van der Waals surface area contributed by atoms with Crippen molar-refractivity contribution in [2.45, 2.75) is 45.6 Å². The predicted octanol–water partition coefficient (Wildman–Crippen LogP) is 6.15. The minimum Gasteiger partial charge on any atom is -0.506 e. The zero-order chi connectivity index (χ0) is 29.1. The number of halogens is 3. The number of aliphatic carboxylic acids is 1. The largest absolute Gasteiger partial charge is 0.506 e. The fraction of sp³-hybridized carbons (Fsp3) is 0.259. The van der Waals surface area contributed by atoms with Crippen LogP contribution in [0.2, 0.25) is 0 Å². The summed E-state index contributed by atoms with van der Waals surface area (Å²) in [5.41, 5.74) is -2.42. The fourth-order valence-electron chi connectivity index (χ4n) is 3.67. The lowest BCUT2D eigenvalue weighted by atomic mass is 10.0. The van der Waals surface area contributed by atoms with Gasteiger partial charge in [-0.05, 0) is 50.1 Å². The summed E-state index contributed by atoms with van der Waals surface area (Å²) in [7, 11) is 0. The number of aromatic hydroxyl groups is 1. The molecule has 0 atom stereocenters. The zero-order valence-corrected chi connectivity index (χ0v) is 21.0. The van der Waals surface area contributed by atoms with Crippen molar-refractivity contribution in [2.75, 3.05) is 0 Å². The summed E-state index contributed by atoms with van der Waals surface area (Å²) in [5.74, 6) is -3.36. The number of phenolic OH excluding ortho intramolecular Hbond substituents is 1. The topological polar surface area (TPSA) is 136 Å². The molecule has 0 aromatic heterocycles. The monoisotopic (exact) mass is 547 g/mol. The van der Waals surface area contributed by atoms with Crippen molar-refractivity contribution in [3.63, 3.8) is 0 Å². The van der Waals surface area contributed by atoms with Crippen molar-refractivity contribution in [1.29, 1.82) is 0 Å². The van der Waals surface area contributed by atoms with E-state index in [2.05, 4.69) is 0 Å². The third-order valence-electron chi connectivity index (χ3n) is 5.38. The summed E-state index contributed by atoms with van der Waals surface area (Å²) >= 11 is 0. The van der Waals surface area contributed by atoms with Gasteiger partial charge in [0.25, 0.3) is 5.69 Å². The number of carboxylic acid groups (broad SMARTS) is 1. The molecule has 0 saturated heterocycles. The van der Waals surface area contributed by atoms with Crippen LogP contribution in [0.25, 0.3) is 11.1 Å². The lowest BCUT2D eigenvalue weighted by molar-refractivity contribution is -0.385. The molecule has 12 heteroatoms. The van der Waals surface area contributed by atoms with E-state index >= 15 is 0 Å². The van der Waals surface area contributed by atoms with Gasteiger partial charge in [0.05, 0.1) is 16.9 Å². The maximum absolute atomic E-state index is 13.3. The lowest BCUT2D eigenvalue weighted by Gasteiger charge is -2.22. The van der Waals surface area contributed by atoms with Crippen molar-refractivity contribution >= 4 is 17.6 Å². The first-order valence-electron chi connectivity index (χ1n) is 11.4. The highest BCUT2D eigenvalue weighted by molar-refractivity contribution is 5.95. The normalized spacial score (nSPS) is 11.6. The SMILES string of the molecule is CC(C)(C)OC(=O)c1c(COc2ccc(-c3ccc(CC(=O)O)c([N+](=O)[O-])c3)cc2)ccc(C(F)(F)F)c1O. The summed E-state index contributed by atoms with van der Waals surface area (Å²) in [5, 5.41) is 30.7. The number of nitrogens with zero attached hydrogens (tertiary/aromatic N) is 1. The van der Waals surface area contributed by atoms with E-state index in [1.165, 1.54) is 45.0 Å². The van der Waals surface area contributed by atoms with Gasteiger partial charge in [0, 0.05) is 17.2 Å². The van der Waals surface area contributed by atoms with Gasteiger partial charge in [-0.1, -0.05) is 30.3 Å². The minimum atomic E-state index is -4.91. The number of alkyl halides is 3. The first-order chi connectivity index (χ1) is 18.1. The van der Waals surface area contributed by atoms with E-state index in [4.69, 9.17) is 14.6 Å². The van der Waals surface area contributed by atoms with E-state index in [9.17, 15) is 38.0 Å². The molecule has 0 amide bonds. The quantitative estimate of drug-likeness (QED) is 0.195. The second-order valence-corrected chi connectivity index (χ2v) is 9.48. The lowest BCUT2D eigenvalue weighted by Crippen LogP contribution is -2.25. The number of nitro benzene ring substituents is 1. The van der Waals surface area contributed by atoms with Gasteiger partial charge in [0.1, 0.15) is 29.3 Å². The highest BCUT2D eigenvalue weighted by Crippen LogP contribution is 2.40. The fourth-order valence-corrected chi connectivity index (χ4v) is 3.67. The van der Waals surface area contributed by atoms with Crippen LogP contribution in [0.15, 0.2) is 54.6 Å². The molecule has 3 rings (SSSR count). The minimum absolute atomic E-state index is 0.0385. The van der Waals surface area contributed by atoms with Crippen molar-refractivity contribution in [3.05, 3.63) is 87.0 Å². The van der Waals surface area contributed by atoms with Crippen LogP contribution >= 0.6 is 0 Å². The molecule has 0 fully saturated rings.